The molecule has 1 atom stereocenters. The first-order valence-corrected chi connectivity index (χ1v) is 8.91. The summed E-state index contributed by atoms with van der Waals surface area (Å²) in [6.07, 6.45) is 6.19. The van der Waals surface area contributed by atoms with E-state index < -0.39 is 0 Å². The van der Waals surface area contributed by atoms with Crippen LogP contribution in [-0.4, -0.2) is 33.4 Å². The Balaban J connectivity index is 1.71. The Bertz CT molecular complexity index is 801. The van der Waals surface area contributed by atoms with Gasteiger partial charge in [-0.15, -0.1) is 11.8 Å². The average molecular weight is 341 g/mol. The molecule has 1 unspecified atom stereocenters. The van der Waals surface area contributed by atoms with Gasteiger partial charge >= 0.3 is 0 Å². The Kier molecular flexibility index (Phi) is 5.15. The predicted octanol–water partition coefficient (Wildman–Crippen LogP) is 2.85. The summed E-state index contributed by atoms with van der Waals surface area (Å²) >= 11 is 1.59. The molecule has 1 aromatic carbocycles. The second-order valence-electron chi connectivity index (χ2n) is 5.54. The van der Waals surface area contributed by atoms with E-state index in [0.717, 1.165) is 11.3 Å². The molecule has 124 valence electrons. The topological polar surface area (TPSA) is 66.1 Å². The standard InChI is InChI=1S/C18H19N3O2S/c1-2-13-7-6-10-21(13)18(23)15-11-19-16(20-17(15)22)12-24-14-8-4-3-5-9-14/h3-9,11,13H,2,10,12H2,1H3,(H,19,20,22). The molecule has 3 rings (SSSR count). The summed E-state index contributed by atoms with van der Waals surface area (Å²) in [4.78, 5) is 34.6. The third kappa shape index (κ3) is 3.59. The number of carbonyl (C=O) groups excluding carboxylic acids is 1. The Morgan fingerprint density at radius 2 is 2.17 bits per heavy atom. The Morgan fingerprint density at radius 3 is 2.88 bits per heavy atom. The van der Waals surface area contributed by atoms with Crippen molar-refractivity contribution >= 4 is 17.7 Å². The maximum atomic E-state index is 12.5. The lowest BCUT2D eigenvalue weighted by Crippen LogP contribution is -2.38. The summed E-state index contributed by atoms with van der Waals surface area (Å²) in [5.74, 6) is 0.858. The van der Waals surface area contributed by atoms with E-state index in [1.165, 1.54) is 6.20 Å². The Labute approximate surface area is 144 Å². The van der Waals surface area contributed by atoms with Gasteiger partial charge in [0.2, 0.25) is 0 Å². The second kappa shape index (κ2) is 7.49. The summed E-state index contributed by atoms with van der Waals surface area (Å²) in [7, 11) is 0. The maximum absolute atomic E-state index is 12.5. The summed E-state index contributed by atoms with van der Waals surface area (Å²) < 4.78 is 0. The summed E-state index contributed by atoms with van der Waals surface area (Å²) in [6, 6.07) is 9.97. The molecular formula is C18H19N3O2S. The molecule has 1 N–H and O–H groups in total. The number of aromatic amines is 1. The number of amides is 1. The van der Waals surface area contributed by atoms with Crippen LogP contribution >= 0.6 is 11.8 Å². The molecule has 1 amide bonds. The minimum absolute atomic E-state index is 0.0604. The Hall–Kier alpha value is -2.34. The van der Waals surface area contributed by atoms with Crippen LogP contribution in [0.5, 0.6) is 0 Å². The summed E-state index contributed by atoms with van der Waals surface area (Å²) in [6.45, 7) is 2.56. The third-order valence-corrected chi connectivity index (χ3v) is 4.96. The first kappa shape index (κ1) is 16.5. The molecule has 0 saturated heterocycles. The fraction of sp³-hybridized carbons (Fsp3) is 0.278. The van der Waals surface area contributed by atoms with E-state index in [-0.39, 0.29) is 23.1 Å². The van der Waals surface area contributed by atoms with E-state index in [9.17, 15) is 9.59 Å². The number of hydrogen-bond donors (Lipinski definition) is 1. The number of carbonyl (C=O) groups is 1. The maximum Gasteiger partial charge on any atom is 0.263 e. The van der Waals surface area contributed by atoms with Gasteiger partial charge in [0.05, 0.1) is 11.8 Å². The van der Waals surface area contributed by atoms with E-state index in [1.807, 2.05) is 49.4 Å². The molecule has 1 aliphatic heterocycles. The van der Waals surface area contributed by atoms with Gasteiger partial charge in [0, 0.05) is 17.6 Å². The van der Waals surface area contributed by atoms with Crippen molar-refractivity contribution in [2.45, 2.75) is 30.0 Å². The number of benzene rings is 1. The molecule has 0 spiro atoms. The van der Waals surface area contributed by atoms with Crippen molar-refractivity contribution in [1.82, 2.24) is 14.9 Å². The average Bonchev–Trinajstić information content (AvgIpc) is 3.09. The van der Waals surface area contributed by atoms with Crippen molar-refractivity contribution in [1.29, 1.82) is 0 Å². The minimum atomic E-state index is -0.375. The van der Waals surface area contributed by atoms with E-state index in [4.69, 9.17) is 0 Å². The quantitative estimate of drug-likeness (QED) is 0.671. The largest absolute Gasteiger partial charge is 0.328 e. The molecule has 6 heteroatoms. The number of rotatable bonds is 5. The van der Waals surface area contributed by atoms with E-state index in [0.29, 0.717) is 18.1 Å². The molecule has 0 bridgehead atoms. The van der Waals surface area contributed by atoms with Gasteiger partial charge in [-0.25, -0.2) is 4.98 Å². The minimum Gasteiger partial charge on any atom is -0.328 e. The highest BCUT2D eigenvalue weighted by Gasteiger charge is 2.26. The molecule has 2 aromatic rings. The van der Waals surface area contributed by atoms with E-state index >= 15 is 0 Å². The monoisotopic (exact) mass is 341 g/mol. The van der Waals surface area contributed by atoms with Crippen molar-refractivity contribution in [2.75, 3.05) is 6.54 Å². The fourth-order valence-corrected chi connectivity index (χ4v) is 3.44. The molecule has 24 heavy (non-hydrogen) atoms. The molecule has 0 radical (unpaired) electrons. The van der Waals surface area contributed by atoms with Crippen molar-refractivity contribution in [2.24, 2.45) is 0 Å². The van der Waals surface area contributed by atoms with Crippen molar-refractivity contribution in [3.8, 4) is 0 Å². The van der Waals surface area contributed by atoms with Gasteiger partial charge in [0.15, 0.2) is 0 Å². The highest BCUT2D eigenvalue weighted by molar-refractivity contribution is 7.98. The van der Waals surface area contributed by atoms with Gasteiger partial charge in [-0.3, -0.25) is 9.59 Å². The molecule has 0 aliphatic carbocycles. The number of thioether (sulfide) groups is 1. The van der Waals surface area contributed by atoms with Crippen molar-refractivity contribution in [3.63, 3.8) is 0 Å². The van der Waals surface area contributed by atoms with Gasteiger partial charge in [0.1, 0.15) is 11.4 Å². The van der Waals surface area contributed by atoms with Crippen LogP contribution in [0.2, 0.25) is 0 Å². The van der Waals surface area contributed by atoms with Crippen molar-refractivity contribution < 1.29 is 4.79 Å². The van der Waals surface area contributed by atoms with Crippen LogP contribution in [0.4, 0.5) is 0 Å². The van der Waals surface area contributed by atoms with E-state index in [2.05, 4.69) is 9.97 Å². The summed E-state index contributed by atoms with van der Waals surface area (Å²) in [5.41, 5.74) is -0.272. The molecule has 1 aromatic heterocycles. The normalized spacial score (nSPS) is 16.5. The van der Waals surface area contributed by atoms with Gasteiger partial charge in [0.25, 0.3) is 11.5 Å². The molecule has 0 saturated carbocycles. The van der Waals surface area contributed by atoms with Gasteiger partial charge in [-0.1, -0.05) is 37.3 Å². The van der Waals surface area contributed by atoms with Crippen LogP contribution in [-0.2, 0) is 5.75 Å². The summed E-state index contributed by atoms with van der Waals surface area (Å²) in [5, 5.41) is 0. The Morgan fingerprint density at radius 1 is 1.38 bits per heavy atom. The number of hydrogen-bond acceptors (Lipinski definition) is 4. The van der Waals surface area contributed by atoms with Crippen LogP contribution in [0.1, 0.15) is 29.5 Å². The lowest BCUT2D eigenvalue weighted by molar-refractivity contribution is 0.0745. The molecule has 2 heterocycles. The van der Waals surface area contributed by atoms with Crippen LogP contribution in [0.3, 0.4) is 0 Å². The van der Waals surface area contributed by atoms with Gasteiger partial charge in [-0.05, 0) is 18.6 Å². The van der Waals surface area contributed by atoms with Crippen LogP contribution in [0.25, 0.3) is 0 Å². The van der Waals surface area contributed by atoms with Crippen molar-refractivity contribution in [3.05, 3.63) is 70.4 Å². The highest BCUT2D eigenvalue weighted by Crippen LogP contribution is 2.20. The SMILES string of the molecule is CCC1C=CCN1C(=O)c1cnc(CSc2ccccc2)[nH]c1=O. The molecule has 1 aliphatic rings. The fourth-order valence-electron chi connectivity index (χ4n) is 2.64. The van der Waals surface area contributed by atoms with Crippen LogP contribution in [0.15, 0.2) is 58.4 Å². The van der Waals surface area contributed by atoms with E-state index in [1.54, 1.807) is 16.7 Å². The van der Waals surface area contributed by atoms with Gasteiger partial charge in [-0.2, -0.15) is 0 Å². The zero-order valence-electron chi connectivity index (χ0n) is 13.4. The molecule has 5 nitrogen and oxygen atoms in total. The predicted molar refractivity (Wildman–Crippen MR) is 95.1 cm³/mol. The number of nitrogens with one attached hydrogen (secondary N) is 1. The first-order valence-electron chi connectivity index (χ1n) is 7.92. The highest BCUT2D eigenvalue weighted by atomic mass is 32.2. The first-order chi connectivity index (χ1) is 11.7. The third-order valence-electron chi connectivity index (χ3n) is 3.94. The number of H-pyrrole nitrogens is 1. The smallest absolute Gasteiger partial charge is 0.263 e. The lowest BCUT2D eigenvalue weighted by Gasteiger charge is -2.23. The molecule has 0 fully saturated rings. The van der Waals surface area contributed by atoms with Crippen LogP contribution in [0, 0.1) is 0 Å². The number of aromatic nitrogens is 2. The zero-order valence-corrected chi connectivity index (χ0v) is 14.3. The van der Waals surface area contributed by atoms with Crippen LogP contribution < -0.4 is 5.56 Å². The van der Waals surface area contributed by atoms with Gasteiger partial charge < -0.3 is 9.88 Å². The lowest BCUT2D eigenvalue weighted by atomic mass is 10.2. The number of nitrogens with zero attached hydrogens (tertiary/aromatic N) is 2. The second-order valence-corrected chi connectivity index (χ2v) is 6.58. The zero-order chi connectivity index (χ0) is 16.9. The molecular weight excluding hydrogens is 322 g/mol.